The molecule has 2 aliphatic rings. The number of aliphatic imine (C=N–C) groups is 1. The van der Waals surface area contributed by atoms with Crippen LogP contribution in [0, 0.1) is 40.4 Å². The molecular weight excluding hydrogens is 374 g/mol. The summed E-state index contributed by atoms with van der Waals surface area (Å²) in [6.07, 6.45) is 21.2. The third kappa shape index (κ3) is 6.47. The van der Waals surface area contributed by atoms with Crippen molar-refractivity contribution < 1.29 is 0 Å². The third-order valence-electron chi connectivity index (χ3n) is 8.31. The molecule has 0 saturated carbocycles. The lowest BCUT2D eigenvalue weighted by molar-refractivity contribution is -0.0330. The first-order chi connectivity index (χ1) is 14.7. The molecule has 31 heavy (non-hydrogen) atoms. The molecule has 1 nitrogen and oxygen atoms in total. The Labute approximate surface area is 193 Å². The van der Waals surface area contributed by atoms with Crippen molar-refractivity contribution in [3.63, 3.8) is 0 Å². The molecule has 0 aromatic rings. The highest BCUT2D eigenvalue weighted by Gasteiger charge is 2.51. The first-order valence-corrected chi connectivity index (χ1v) is 12.7. The van der Waals surface area contributed by atoms with Gasteiger partial charge in [-0.2, -0.15) is 0 Å². The molecule has 1 heteroatoms. The van der Waals surface area contributed by atoms with Crippen molar-refractivity contribution in [2.24, 2.45) is 33.6 Å². The van der Waals surface area contributed by atoms with Crippen LogP contribution in [0.2, 0.25) is 0 Å². The number of hydrogen-bond donors (Lipinski definition) is 0. The topological polar surface area (TPSA) is 12.4 Å². The summed E-state index contributed by atoms with van der Waals surface area (Å²) in [4.78, 5) is 4.57. The fraction of sp³-hybridized carbons (Fsp3) is 0.700. The van der Waals surface area contributed by atoms with Crippen LogP contribution in [0.1, 0.15) is 99.8 Å². The van der Waals surface area contributed by atoms with Crippen LogP contribution in [0.4, 0.5) is 0 Å². The van der Waals surface area contributed by atoms with E-state index in [4.69, 9.17) is 0 Å². The van der Waals surface area contributed by atoms with Crippen molar-refractivity contribution in [1.82, 2.24) is 0 Å². The van der Waals surface area contributed by atoms with Gasteiger partial charge >= 0.3 is 0 Å². The minimum absolute atomic E-state index is 0.190. The SMILES string of the molecule is CCN=CCC(C)C(C)(C(C=C(C)C)CCC(C)C1=CCCC=C1)C1(C)CC#CCC1. The van der Waals surface area contributed by atoms with E-state index in [0.717, 1.165) is 25.8 Å². The Balaban J connectivity index is 2.35. The van der Waals surface area contributed by atoms with Gasteiger partial charge in [0.1, 0.15) is 0 Å². The van der Waals surface area contributed by atoms with Crippen LogP contribution in [0.25, 0.3) is 0 Å². The number of hydrogen-bond acceptors (Lipinski definition) is 1. The Morgan fingerprint density at radius 1 is 1.23 bits per heavy atom. The third-order valence-corrected chi connectivity index (χ3v) is 8.31. The first kappa shape index (κ1) is 25.7. The zero-order valence-corrected chi connectivity index (χ0v) is 21.4. The Kier molecular flexibility index (Phi) is 9.87. The Morgan fingerprint density at radius 3 is 2.58 bits per heavy atom. The lowest BCUT2D eigenvalue weighted by Gasteiger charge is -2.54. The van der Waals surface area contributed by atoms with Gasteiger partial charge in [-0.05, 0) is 99.7 Å². The second kappa shape index (κ2) is 11.9. The highest BCUT2D eigenvalue weighted by molar-refractivity contribution is 5.57. The van der Waals surface area contributed by atoms with Gasteiger partial charge in [-0.1, -0.05) is 57.6 Å². The van der Waals surface area contributed by atoms with Gasteiger partial charge in [0.05, 0.1) is 0 Å². The molecular formula is C30H47N. The fourth-order valence-electron chi connectivity index (χ4n) is 5.80. The quantitative estimate of drug-likeness (QED) is 0.180. The molecule has 0 N–H and O–H groups in total. The molecule has 0 spiro atoms. The lowest BCUT2D eigenvalue weighted by Crippen LogP contribution is -2.48. The molecule has 0 amide bonds. The maximum Gasteiger partial charge on any atom is 0.0357 e. The van der Waals surface area contributed by atoms with Crippen LogP contribution in [0.15, 0.2) is 40.4 Å². The van der Waals surface area contributed by atoms with Gasteiger partial charge in [0.25, 0.3) is 0 Å². The summed E-state index contributed by atoms with van der Waals surface area (Å²) in [5.41, 5.74) is 3.42. The van der Waals surface area contributed by atoms with Crippen molar-refractivity contribution in [2.75, 3.05) is 6.54 Å². The van der Waals surface area contributed by atoms with Crippen LogP contribution in [-0.2, 0) is 0 Å². The molecule has 0 fully saturated rings. The van der Waals surface area contributed by atoms with E-state index >= 15 is 0 Å². The minimum Gasteiger partial charge on any atom is -0.298 e. The Bertz CT molecular complexity index is 751. The molecule has 0 aromatic heterocycles. The highest BCUT2D eigenvalue weighted by Crippen LogP contribution is 2.58. The van der Waals surface area contributed by atoms with E-state index in [1.807, 2.05) is 0 Å². The van der Waals surface area contributed by atoms with Gasteiger partial charge in [0.2, 0.25) is 0 Å². The molecule has 172 valence electrons. The molecule has 5 atom stereocenters. The smallest absolute Gasteiger partial charge is 0.0357 e. The van der Waals surface area contributed by atoms with Gasteiger partial charge in [0.15, 0.2) is 0 Å². The van der Waals surface area contributed by atoms with Crippen LogP contribution in [0.3, 0.4) is 0 Å². The predicted octanol–water partition coefficient (Wildman–Crippen LogP) is 8.58. The van der Waals surface area contributed by atoms with E-state index in [1.54, 1.807) is 5.57 Å². The van der Waals surface area contributed by atoms with Gasteiger partial charge in [0, 0.05) is 19.4 Å². The number of rotatable bonds is 11. The van der Waals surface area contributed by atoms with E-state index in [1.165, 1.54) is 37.7 Å². The predicted molar refractivity (Wildman–Crippen MR) is 138 cm³/mol. The van der Waals surface area contributed by atoms with E-state index in [2.05, 4.69) is 95.8 Å². The van der Waals surface area contributed by atoms with Gasteiger partial charge < -0.3 is 0 Å². The summed E-state index contributed by atoms with van der Waals surface area (Å²) >= 11 is 0. The standard InChI is InChI=1S/C30H47N/c1-8-31-22-19-26(5)30(7,29(6)20-13-10-14-21-29)28(23-24(2)3)18-17-25(4)27-15-11-9-12-16-27/h11,15-16,22-23,25-26,28H,8-9,12-13,17-21H2,1-7H3. The van der Waals surface area contributed by atoms with Crippen LogP contribution in [0.5, 0.6) is 0 Å². The van der Waals surface area contributed by atoms with Gasteiger partial charge in [-0.15, -0.1) is 11.8 Å². The molecule has 0 saturated heterocycles. The molecule has 2 aliphatic carbocycles. The van der Waals surface area contributed by atoms with Crippen molar-refractivity contribution in [1.29, 1.82) is 0 Å². The van der Waals surface area contributed by atoms with Crippen LogP contribution < -0.4 is 0 Å². The first-order valence-electron chi connectivity index (χ1n) is 12.7. The molecule has 0 aliphatic heterocycles. The zero-order valence-electron chi connectivity index (χ0n) is 21.4. The lowest BCUT2D eigenvalue weighted by atomic mass is 9.49. The normalized spacial score (nSPS) is 25.7. The van der Waals surface area contributed by atoms with E-state index in [0.29, 0.717) is 17.8 Å². The summed E-state index contributed by atoms with van der Waals surface area (Å²) in [6.45, 7) is 17.5. The fourth-order valence-corrected chi connectivity index (χ4v) is 5.80. The molecule has 0 radical (unpaired) electrons. The number of nitrogens with zero attached hydrogens (tertiary/aromatic N) is 1. The van der Waals surface area contributed by atoms with E-state index in [9.17, 15) is 0 Å². The maximum atomic E-state index is 4.57. The van der Waals surface area contributed by atoms with E-state index in [-0.39, 0.29) is 10.8 Å². The van der Waals surface area contributed by atoms with Gasteiger partial charge in [-0.25, -0.2) is 0 Å². The van der Waals surface area contributed by atoms with Crippen LogP contribution in [-0.4, -0.2) is 12.8 Å². The summed E-state index contributed by atoms with van der Waals surface area (Å²) in [5, 5.41) is 0. The monoisotopic (exact) mass is 421 g/mol. The highest BCUT2D eigenvalue weighted by atomic mass is 14.7. The van der Waals surface area contributed by atoms with Crippen molar-refractivity contribution >= 4 is 6.21 Å². The van der Waals surface area contributed by atoms with Crippen molar-refractivity contribution in [3.05, 3.63) is 35.5 Å². The second-order valence-corrected chi connectivity index (χ2v) is 10.7. The molecule has 5 unspecified atom stereocenters. The second-order valence-electron chi connectivity index (χ2n) is 10.7. The summed E-state index contributed by atoms with van der Waals surface area (Å²) in [6, 6.07) is 0. The molecule has 2 rings (SSSR count). The van der Waals surface area contributed by atoms with Crippen LogP contribution >= 0.6 is 0 Å². The summed E-state index contributed by atoms with van der Waals surface area (Å²) in [7, 11) is 0. The van der Waals surface area contributed by atoms with E-state index < -0.39 is 0 Å². The van der Waals surface area contributed by atoms with Crippen molar-refractivity contribution in [3.8, 4) is 11.8 Å². The molecule has 0 heterocycles. The number of allylic oxidation sites excluding steroid dienone is 6. The molecule has 0 bridgehead atoms. The Morgan fingerprint density at radius 2 is 2.00 bits per heavy atom. The maximum absolute atomic E-state index is 4.57. The summed E-state index contributed by atoms with van der Waals surface area (Å²) < 4.78 is 0. The average Bonchev–Trinajstić information content (AvgIpc) is 2.76. The zero-order chi connectivity index (χ0) is 22.9. The minimum atomic E-state index is 0.190. The van der Waals surface area contributed by atoms with Crippen molar-refractivity contribution in [2.45, 2.75) is 99.8 Å². The average molecular weight is 422 g/mol. The largest absolute Gasteiger partial charge is 0.298 e. The Hall–Kier alpha value is -1.55. The molecule has 0 aromatic carbocycles. The summed E-state index contributed by atoms with van der Waals surface area (Å²) in [5.74, 6) is 8.63. The van der Waals surface area contributed by atoms with Gasteiger partial charge in [-0.3, -0.25) is 4.99 Å².